The second-order valence-corrected chi connectivity index (χ2v) is 10.2. The van der Waals surface area contributed by atoms with Crippen molar-refractivity contribution in [2.75, 3.05) is 31.1 Å². The molecular formula is C27H27ClN4O2S. The van der Waals surface area contributed by atoms with Crippen molar-refractivity contribution >= 4 is 46.6 Å². The molecule has 2 aromatic carbocycles. The van der Waals surface area contributed by atoms with Crippen molar-refractivity contribution in [3.63, 3.8) is 0 Å². The van der Waals surface area contributed by atoms with Crippen LogP contribution >= 0.6 is 23.4 Å². The Bertz CT molecular complexity index is 1210. The first-order valence-electron chi connectivity index (χ1n) is 11.6. The number of nitrogens with zero attached hydrogens (tertiary/aromatic N) is 4. The zero-order valence-electron chi connectivity index (χ0n) is 19.8. The average molecular weight is 507 g/mol. The first kappa shape index (κ1) is 24.9. The van der Waals surface area contributed by atoms with Gasteiger partial charge in [-0.2, -0.15) is 5.26 Å². The molecule has 35 heavy (non-hydrogen) atoms. The Kier molecular flexibility index (Phi) is 7.84. The van der Waals surface area contributed by atoms with E-state index < -0.39 is 0 Å². The molecule has 0 aromatic heterocycles. The first-order chi connectivity index (χ1) is 16.9. The fraction of sp³-hybridized carbons (Fsp3) is 0.296. The predicted molar refractivity (Wildman–Crippen MR) is 141 cm³/mol. The van der Waals surface area contributed by atoms with Gasteiger partial charge in [-0.25, -0.2) is 0 Å². The minimum absolute atomic E-state index is 0.0825. The van der Waals surface area contributed by atoms with Crippen LogP contribution in [0.25, 0.3) is 5.70 Å². The normalized spacial score (nSPS) is 17.3. The van der Waals surface area contributed by atoms with E-state index in [0.717, 1.165) is 16.9 Å². The number of anilines is 1. The third-order valence-corrected chi connectivity index (χ3v) is 7.09. The van der Waals surface area contributed by atoms with Crippen LogP contribution in [0.2, 0.25) is 5.02 Å². The summed E-state index contributed by atoms with van der Waals surface area (Å²) < 4.78 is 0. The van der Waals surface area contributed by atoms with E-state index in [1.54, 1.807) is 15.9 Å². The van der Waals surface area contributed by atoms with Gasteiger partial charge < -0.3 is 14.7 Å². The van der Waals surface area contributed by atoms with Crippen LogP contribution in [0.4, 0.5) is 5.69 Å². The fourth-order valence-electron chi connectivity index (χ4n) is 4.16. The molecule has 2 heterocycles. The minimum Gasteiger partial charge on any atom is -0.339 e. The summed E-state index contributed by atoms with van der Waals surface area (Å²) in [6.07, 6.45) is 0.501. The maximum Gasteiger partial charge on any atom is 0.267 e. The summed E-state index contributed by atoms with van der Waals surface area (Å²) in [6, 6.07) is 19.4. The van der Waals surface area contributed by atoms with Gasteiger partial charge in [0.15, 0.2) is 0 Å². The SMILES string of the molecule is CC(C)CC(=O)N1CCN(C(=O)C(C#N)=C2SC=C(c3ccccc3)N2c2cccc(Cl)c2)CC1. The monoisotopic (exact) mass is 506 g/mol. The highest BCUT2D eigenvalue weighted by Gasteiger charge is 2.33. The van der Waals surface area contributed by atoms with E-state index in [1.165, 1.54) is 11.8 Å². The van der Waals surface area contributed by atoms with Crippen LogP contribution in [0.15, 0.2) is 70.6 Å². The third-order valence-electron chi connectivity index (χ3n) is 5.90. The molecule has 0 unspecified atom stereocenters. The lowest BCUT2D eigenvalue weighted by atomic mass is 10.1. The standard InChI is InChI=1S/C27H27ClN4O2S/c1-19(2)15-25(33)30-11-13-31(14-12-30)26(34)23(17-29)27-32(22-10-6-9-21(28)16-22)24(18-35-27)20-7-4-3-5-8-20/h3-10,16,18-19H,11-15H2,1-2H3. The summed E-state index contributed by atoms with van der Waals surface area (Å²) >= 11 is 7.65. The number of hydrogen-bond acceptors (Lipinski definition) is 5. The second-order valence-electron chi connectivity index (χ2n) is 8.87. The third kappa shape index (κ3) is 5.55. The van der Waals surface area contributed by atoms with Crippen molar-refractivity contribution < 1.29 is 9.59 Å². The molecule has 2 aromatic rings. The Morgan fingerprint density at radius 3 is 2.34 bits per heavy atom. The number of thioether (sulfide) groups is 1. The van der Waals surface area contributed by atoms with Crippen LogP contribution in [0.1, 0.15) is 25.8 Å². The zero-order valence-corrected chi connectivity index (χ0v) is 21.4. The number of nitriles is 1. The molecule has 0 spiro atoms. The molecule has 4 rings (SSSR count). The average Bonchev–Trinajstić information content (AvgIpc) is 3.29. The summed E-state index contributed by atoms with van der Waals surface area (Å²) in [6.45, 7) is 5.80. The Labute approximate surface area is 215 Å². The molecule has 1 saturated heterocycles. The van der Waals surface area contributed by atoms with Gasteiger partial charge >= 0.3 is 0 Å². The smallest absolute Gasteiger partial charge is 0.267 e. The molecule has 0 atom stereocenters. The van der Waals surface area contributed by atoms with E-state index in [9.17, 15) is 14.9 Å². The number of benzene rings is 2. The van der Waals surface area contributed by atoms with E-state index in [0.29, 0.717) is 48.6 Å². The maximum atomic E-state index is 13.5. The van der Waals surface area contributed by atoms with Crippen LogP contribution < -0.4 is 4.90 Å². The number of rotatable bonds is 5. The van der Waals surface area contributed by atoms with Crippen molar-refractivity contribution in [2.24, 2.45) is 5.92 Å². The number of carbonyl (C=O) groups is 2. The molecule has 0 N–H and O–H groups in total. The van der Waals surface area contributed by atoms with E-state index >= 15 is 0 Å². The molecule has 2 amide bonds. The summed E-state index contributed by atoms with van der Waals surface area (Å²) in [5.41, 5.74) is 2.70. The molecule has 0 aliphatic carbocycles. The molecule has 0 saturated carbocycles. The molecule has 2 aliphatic rings. The van der Waals surface area contributed by atoms with Crippen LogP contribution in [-0.4, -0.2) is 47.8 Å². The van der Waals surface area contributed by atoms with E-state index in [4.69, 9.17) is 11.6 Å². The highest BCUT2D eigenvalue weighted by Crippen LogP contribution is 2.45. The van der Waals surface area contributed by atoms with E-state index in [2.05, 4.69) is 6.07 Å². The highest BCUT2D eigenvalue weighted by molar-refractivity contribution is 8.06. The van der Waals surface area contributed by atoms with Gasteiger partial charge in [-0.1, -0.05) is 73.6 Å². The van der Waals surface area contributed by atoms with Gasteiger partial charge in [0, 0.05) is 48.7 Å². The van der Waals surface area contributed by atoms with E-state index in [-0.39, 0.29) is 17.4 Å². The van der Waals surface area contributed by atoms with Crippen LogP contribution in [0.5, 0.6) is 0 Å². The van der Waals surface area contributed by atoms with Crippen LogP contribution in [-0.2, 0) is 9.59 Å². The van der Waals surface area contributed by atoms with Gasteiger partial charge in [0.05, 0.1) is 5.70 Å². The lowest BCUT2D eigenvalue weighted by Gasteiger charge is -2.35. The van der Waals surface area contributed by atoms with Crippen LogP contribution in [0, 0.1) is 17.2 Å². The predicted octanol–water partition coefficient (Wildman–Crippen LogP) is 5.34. The van der Waals surface area contributed by atoms with Crippen molar-refractivity contribution in [3.8, 4) is 6.07 Å². The lowest BCUT2D eigenvalue weighted by molar-refractivity contribution is -0.138. The molecule has 6 nitrogen and oxygen atoms in total. The summed E-state index contributed by atoms with van der Waals surface area (Å²) in [4.78, 5) is 31.3. The summed E-state index contributed by atoms with van der Waals surface area (Å²) in [5.74, 6) is 0.0853. The number of hydrogen-bond donors (Lipinski definition) is 0. The molecule has 8 heteroatoms. The summed E-state index contributed by atoms with van der Waals surface area (Å²) in [7, 11) is 0. The van der Waals surface area contributed by atoms with Crippen molar-refractivity contribution in [1.29, 1.82) is 5.26 Å². The lowest BCUT2D eigenvalue weighted by Crippen LogP contribution is -2.51. The first-order valence-corrected chi connectivity index (χ1v) is 12.8. The van der Waals surface area contributed by atoms with Crippen molar-refractivity contribution in [1.82, 2.24) is 9.80 Å². The number of amides is 2. The largest absolute Gasteiger partial charge is 0.339 e. The van der Waals surface area contributed by atoms with Gasteiger partial charge in [0.25, 0.3) is 5.91 Å². The van der Waals surface area contributed by atoms with Gasteiger partial charge in [-0.15, -0.1) is 0 Å². The van der Waals surface area contributed by atoms with Crippen molar-refractivity contribution in [2.45, 2.75) is 20.3 Å². The van der Waals surface area contributed by atoms with Gasteiger partial charge in [-0.3, -0.25) is 9.59 Å². The maximum absolute atomic E-state index is 13.5. The minimum atomic E-state index is -0.319. The number of piperazine rings is 1. The molecule has 1 fully saturated rings. The molecule has 2 aliphatic heterocycles. The number of carbonyl (C=O) groups excluding carboxylic acids is 2. The van der Waals surface area contributed by atoms with E-state index in [1.807, 2.05) is 72.7 Å². The Morgan fingerprint density at radius 2 is 1.71 bits per heavy atom. The van der Waals surface area contributed by atoms with Crippen LogP contribution in [0.3, 0.4) is 0 Å². The second kappa shape index (κ2) is 11.0. The Hall–Kier alpha value is -3.21. The zero-order chi connectivity index (χ0) is 24.9. The topological polar surface area (TPSA) is 67.6 Å². The quantitative estimate of drug-likeness (QED) is 0.404. The molecule has 0 bridgehead atoms. The van der Waals surface area contributed by atoms with Gasteiger partial charge in [0.2, 0.25) is 5.91 Å². The Morgan fingerprint density at radius 1 is 1.03 bits per heavy atom. The molecule has 180 valence electrons. The Balaban J connectivity index is 1.62. The molecule has 0 radical (unpaired) electrons. The fourth-order valence-corrected chi connectivity index (χ4v) is 5.37. The summed E-state index contributed by atoms with van der Waals surface area (Å²) in [5, 5.41) is 13.2. The molecular weight excluding hydrogens is 480 g/mol. The van der Waals surface area contributed by atoms with Crippen molar-refractivity contribution in [3.05, 3.63) is 81.2 Å². The van der Waals surface area contributed by atoms with Gasteiger partial charge in [0.1, 0.15) is 16.7 Å². The highest BCUT2D eigenvalue weighted by atomic mass is 35.5. The number of halogens is 1. The van der Waals surface area contributed by atoms with Gasteiger partial charge in [-0.05, 0) is 29.7 Å².